The van der Waals surface area contributed by atoms with Gasteiger partial charge in [-0.05, 0) is 37.0 Å². The van der Waals surface area contributed by atoms with Crippen LogP contribution in [0.2, 0.25) is 0 Å². The van der Waals surface area contributed by atoms with Gasteiger partial charge < -0.3 is 19.4 Å². The molecule has 0 N–H and O–H groups in total. The van der Waals surface area contributed by atoms with Gasteiger partial charge in [-0.15, -0.1) is 0 Å². The number of para-hydroxylation sites is 2. The maximum Gasteiger partial charge on any atom is 0.227 e. The molecule has 1 aromatic heterocycles. The van der Waals surface area contributed by atoms with E-state index in [-0.39, 0.29) is 0 Å². The van der Waals surface area contributed by atoms with Crippen LogP contribution in [0.4, 0.5) is 17.5 Å². The number of piperidine rings is 1. The zero-order valence-corrected chi connectivity index (χ0v) is 16.3. The molecule has 0 amide bonds. The second-order valence-electron chi connectivity index (χ2n) is 7.53. The number of hydrogen-bond acceptors (Lipinski definition) is 6. The average molecular weight is 367 g/mol. The second kappa shape index (κ2) is 8.03. The van der Waals surface area contributed by atoms with E-state index in [2.05, 4.69) is 38.7 Å². The van der Waals surface area contributed by atoms with E-state index in [0.29, 0.717) is 0 Å². The van der Waals surface area contributed by atoms with Crippen LogP contribution in [-0.2, 0) is 0 Å². The van der Waals surface area contributed by atoms with Crippen molar-refractivity contribution >= 4 is 17.5 Å². The Labute approximate surface area is 161 Å². The molecule has 4 rings (SSSR count). The molecule has 2 aliphatic rings. The van der Waals surface area contributed by atoms with E-state index in [1.54, 1.807) is 7.11 Å². The van der Waals surface area contributed by atoms with E-state index in [1.165, 1.54) is 18.5 Å². The Morgan fingerprint density at radius 3 is 2.33 bits per heavy atom. The van der Waals surface area contributed by atoms with Gasteiger partial charge in [0.05, 0.1) is 12.8 Å². The van der Waals surface area contributed by atoms with Crippen LogP contribution in [0.5, 0.6) is 5.75 Å². The van der Waals surface area contributed by atoms with Crippen LogP contribution >= 0.6 is 0 Å². The van der Waals surface area contributed by atoms with E-state index in [0.717, 1.165) is 62.7 Å². The molecule has 0 aliphatic carbocycles. The van der Waals surface area contributed by atoms with Crippen LogP contribution < -0.4 is 19.4 Å². The van der Waals surface area contributed by atoms with Crippen molar-refractivity contribution in [3.8, 4) is 5.75 Å². The van der Waals surface area contributed by atoms with Crippen molar-refractivity contribution in [1.82, 2.24) is 9.97 Å². The largest absolute Gasteiger partial charge is 0.495 e. The number of methoxy groups -OCH3 is 1. The van der Waals surface area contributed by atoms with Gasteiger partial charge in [0, 0.05) is 45.5 Å². The molecule has 27 heavy (non-hydrogen) atoms. The molecule has 0 saturated carbocycles. The Bertz CT molecular complexity index is 752. The van der Waals surface area contributed by atoms with Crippen LogP contribution in [0.15, 0.2) is 36.5 Å². The first-order valence-corrected chi connectivity index (χ1v) is 9.95. The van der Waals surface area contributed by atoms with Crippen molar-refractivity contribution in [1.29, 1.82) is 0 Å². The van der Waals surface area contributed by atoms with Gasteiger partial charge in [-0.25, -0.2) is 4.98 Å². The predicted molar refractivity (Wildman–Crippen MR) is 110 cm³/mol. The number of piperazine rings is 1. The third-order valence-corrected chi connectivity index (χ3v) is 5.72. The summed E-state index contributed by atoms with van der Waals surface area (Å²) in [4.78, 5) is 16.5. The van der Waals surface area contributed by atoms with Crippen LogP contribution in [0.25, 0.3) is 0 Å². The zero-order valence-electron chi connectivity index (χ0n) is 16.3. The van der Waals surface area contributed by atoms with Gasteiger partial charge in [0.25, 0.3) is 0 Å². The van der Waals surface area contributed by atoms with Gasteiger partial charge in [0.15, 0.2) is 0 Å². The minimum absolute atomic E-state index is 0.812. The molecule has 2 aromatic rings. The van der Waals surface area contributed by atoms with E-state index in [9.17, 15) is 0 Å². The van der Waals surface area contributed by atoms with Crippen molar-refractivity contribution in [2.45, 2.75) is 19.8 Å². The topological polar surface area (TPSA) is 44.7 Å². The summed E-state index contributed by atoms with van der Waals surface area (Å²) in [6, 6.07) is 10.3. The third kappa shape index (κ3) is 3.94. The molecule has 2 fully saturated rings. The third-order valence-electron chi connectivity index (χ3n) is 5.72. The number of benzene rings is 1. The first kappa shape index (κ1) is 17.9. The molecule has 0 atom stereocenters. The van der Waals surface area contributed by atoms with Gasteiger partial charge in [-0.1, -0.05) is 19.1 Å². The average Bonchev–Trinajstić information content (AvgIpc) is 2.74. The lowest BCUT2D eigenvalue weighted by molar-refractivity contribution is 0.413. The molecule has 2 aliphatic heterocycles. The first-order chi connectivity index (χ1) is 13.2. The fraction of sp³-hybridized carbons (Fsp3) is 0.524. The molecule has 6 nitrogen and oxygen atoms in total. The molecular weight excluding hydrogens is 338 g/mol. The summed E-state index contributed by atoms with van der Waals surface area (Å²) in [6.45, 7) is 8.27. The van der Waals surface area contributed by atoms with Crippen LogP contribution in [0, 0.1) is 5.92 Å². The predicted octanol–water partition coefficient (Wildman–Crippen LogP) is 3.05. The summed E-state index contributed by atoms with van der Waals surface area (Å²) >= 11 is 0. The van der Waals surface area contributed by atoms with Gasteiger partial charge in [-0.3, -0.25) is 0 Å². The van der Waals surface area contributed by atoms with Crippen LogP contribution in [0.3, 0.4) is 0 Å². The number of anilines is 3. The highest BCUT2D eigenvalue weighted by Crippen LogP contribution is 2.29. The zero-order chi connectivity index (χ0) is 18.6. The standard InChI is InChI=1S/C21H29N5O/c1-17-8-11-26(12-9-17)21-22-10-7-20(23-21)25-15-13-24(14-16-25)18-5-3-4-6-19(18)27-2/h3-7,10,17H,8-9,11-16H2,1-2H3. The normalized spacial score (nSPS) is 18.7. The van der Waals surface area contributed by atoms with E-state index in [1.807, 2.05) is 24.4 Å². The Hall–Kier alpha value is -2.50. The fourth-order valence-corrected chi connectivity index (χ4v) is 3.94. The van der Waals surface area contributed by atoms with Gasteiger partial charge in [0.2, 0.25) is 5.95 Å². The maximum absolute atomic E-state index is 5.52. The number of rotatable bonds is 4. The van der Waals surface area contributed by atoms with Gasteiger partial charge in [-0.2, -0.15) is 4.98 Å². The lowest BCUT2D eigenvalue weighted by Gasteiger charge is -2.37. The van der Waals surface area contributed by atoms with Crippen molar-refractivity contribution < 1.29 is 4.74 Å². The molecule has 0 unspecified atom stereocenters. The van der Waals surface area contributed by atoms with Crippen molar-refractivity contribution in [3.63, 3.8) is 0 Å². The number of aromatic nitrogens is 2. The first-order valence-electron chi connectivity index (χ1n) is 9.95. The smallest absolute Gasteiger partial charge is 0.227 e. The lowest BCUT2D eigenvalue weighted by Crippen LogP contribution is -2.47. The van der Waals surface area contributed by atoms with E-state index < -0.39 is 0 Å². The van der Waals surface area contributed by atoms with E-state index in [4.69, 9.17) is 9.72 Å². The van der Waals surface area contributed by atoms with Gasteiger partial charge >= 0.3 is 0 Å². The number of ether oxygens (including phenoxy) is 1. The summed E-state index contributed by atoms with van der Waals surface area (Å²) in [5.41, 5.74) is 1.17. The Kier molecular flexibility index (Phi) is 5.32. The number of hydrogen-bond donors (Lipinski definition) is 0. The molecule has 144 valence electrons. The van der Waals surface area contributed by atoms with Crippen LogP contribution in [0.1, 0.15) is 19.8 Å². The van der Waals surface area contributed by atoms with Gasteiger partial charge in [0.1, 0.15) is 11.6 Å². The molecule has 2 saturated heterocycles. The summed E-state index contributed by atoms with van der Waals surface area (Å²) in [6.07, 6.45) is 4.36. The second-order valence-corrected chi connectivity index (χ2v) is 7.53. The maximum atomic E-state index is 5.52. The highest BCUT2D eigenvalue weighted by molar-refractivity contribution is 5.59. The summed E-state index contributed by atoms with van der Waals surface area (Å²) in [7, 11) is 1.73. The molecule has 0 spiro atoms. The van der Waals surface area contributed by atoms with Crippen molar-refractivity contribution in [2.75, 3.05) is 61.1 Å². The fourth-order valence-electron chi connectivity index (χ4n) is 3.94. The summed E-state index contributed by atoms with van der Waals surface area (Å²) < 4.78 is 5.52. The summed E-state index contributed by atoms with van der Waals surface area (Å²) in [5.74, 6) is 3.67. The Balaban J connectivity index is 1.42. The molecule has 6 heteroatoms. The quantitative estimate of drug-likeness (QED) is 0.828. The molecular formula is C21H29N5O. The van der Waals surface area contributed by atoms with Crippen molar-refractivity contribution in [2.24, 2.45) is 5.92 Å². The Morgan fingerprint density at radius 2 is 1.59 bits per heavy atom. The van der Waals surface area contributed by atoms with Crippen molar-refractivity contribution in [3.05, 3.63) is 36.5 Å². The SMILES string of the molecule is COc1ccccc1N1CCN(c2ccnc(N3CCC(C)CC3)n2)CC1. The Morgan fingerprint density at radius 1 is 0.889 bits per heavy atom. The van der Waals surface area contributed by atoms with Crippen LogP contribution in [-0.4, -0.2) is 56.3 Å². The molecule has 3 heterocycles. The monoisotopic (exact) mass is 367 g/mol. The minimum atomic E-state index is 0.812. The highest BCUT2D eigenvalue weighted by Gasteiger charge is 2.22. The molecule has 0 radical (unpaired) electrons. The minimum Gasteiger partial charge on any atom is -0.495 e. The summed E-state index contributed by atoms with van der Waals surface area (Å²) in [5, 5.41) is 0. The molecule has 1 aromatic carbocycles. The lowest BCUT2D eigenvalue weighted by atomic mass is 10.00. The highest BCUT2D eigenvalue weighted by atomic mass is 16.5. The number of nitrogens with zero attached hydrogens (tertiary/aromatic N) is 5. The molecule has 0 bridgehead atoms. The van der Waals surface area contributed by atoms with E-state index >= 15 is 0 Å².